The van der Waals surface area contributed by atoms with Gasteiger partial charge in [0.1, 0.15) is 11.6 Å². The first-order valence-electron chi connectivity index (χ1n) is 8.41. The molecule has 0 atom stereocenters. The Balaban J connectivity index is 0. The fourth-order valence-corrected chi connectivity index (χ4v) is 2.05. The van der Waals surface area contributed by atoms with Crippen LogP contribution in [0.2, 0.25) is 0 Å². The number of rotatable bonds is 14. The standard InChI is InChI=1S/C20H30O2.ClH/c1-3-5-6-12-17-20(22)18-14-11-9-7-8-10-13-16-19(21)15-4-2;/h3,5,7-8,12H,1,4,9-11,13-18H2,2H3;1H/b8-7+;. The van der Waals surface area contributed by atoms with Crippen molar-refractivity contribution in [1.29, 1.82) is 0 Å². The Morgan fingerprint density at radius 2 is 1.61 bits per heavy atom. The van der Waals surface area contributed by atoms with Crippen LogP contribution in [0, 0.1) is 0 Å². The van der Waals surface area contributed by atoms with E-state index in [0.29, 0.717) is 25.0 Å². The molecule has 0 aromatic heterocycles. The molecule has 0 saturated carbocycles. The van der Waals surface area contributed by atoms with E-state index in [0.717, 1.165) is 44.9 Å². The van der Waals surface area contributed by atoms with Crippen LogP contribution in [-0.4, -0.2) is 11.6 Å². The zero-order valence-electron chi connectivity index (χ0n) is 14.4. The molecule has 0 rings (SSSR count). The second-order valence-electron chi connectivity index (χ2n) is 5.41. The third-order valence-electron chi connectivity index (χ3n) is 3.26. The van der Waals surface area contributed by atoms with Crippen LogP contribution < -0.4 is 0 Å². The highest BCUT2D eigenvalue weighted by atomic mass is 35.5. The van der Waals surface area contributed by atoms with Gasteiger partial charge in [-0.2, -0.15) is 0 Å². The van der Waals surface area contributed by atoms with Crippen LogP contribution in [0.5, 0.6) is 0 Å². The summed E-state index contributed by atoms with van der Waals surface area (Å²) in [6.45, 7) is 5.58. The molecule has 0 heterocycles. The van der Waals surface area contributed by atoms with Crippen molar-refractivity contribution in [1.82, 2.24) is 0 Å². The van der Waals surface area contributed by atoms with E-state index in [2.05, 4.69) is 24.5 Å². The Hall–Kier alpha value is -1.37. The van der Waals surface area contributed by atoms with Gasteiger partial charge in [0.05, 0.1) is 0 Å². The fraction of sp³-hybridized carbons (Fsp3) is 0.550. The first kappa shape index (κ1) is 23.9. The molecule has 23 heavy (non-hydrogen) atoms. The maximum absolute atomic E-state index is 11.5. The van der Waals surface area contributed by atoms with Crippen LogP contribution in [0.4, 0.5) is 0 Å². The van der Waals surface area contributed by atoms with Crippen LogP contribution >= 0.6 is 12.4 Å². The van der Waals surface area contributed by atoms with Crippen LogP contribution in [0.1, 0.15) is 71.1 Å². The first-order chi connectivity index (χ1) is 10.7. The lowest BCUT2D eigenvalue weighted by atomic mass is 10.1. The number of Topliss-reactive ketones (excluding diaryl/α,β-unsaturated/α-hetero) is 2. The number of allylic oxidation sites excluding steroid dienone is 4. The summed E-state index contributed by atoms with van der Waals surface area (Å²) in [5, 5.41) is 0. The van der Waals surface area contributed by atoms with Gasteiger partial charge < -0.3 is 0 Å². The fourth-order valence-electron chi connectivity index (χ4n) is 2.05. The van der Waals surface area contributed by atoms with Crippen molar-refractivity contribution in [2.24, 2.45) is 0 Å². The average Bonchev–Trinajstić information content (AvgIpc) is 2.50. The molecule has 0 radical (unpaired) electrons. The van der Waals surface area contributed by atoms with Gasteiger partial charge >= 0.3 is 0 Å². The maximum Gasteiger partial charge on any atom is 0.137 e. The van der Waals surface area contributed by atoms with Crippen molar-refractivity contribution in [3.05, 3.63) is 42.7 Å². The molecule has 0 amide bonds. The molecule has 0 aliphatic heterocycles. The first-order valence-corrected chi connectivity index (χ1v) is 8.41. The topological polar surface area (TPSA) is 34.1 Å². The number of carbonyl (C=O) groups is 2. The van der Waals surface area contributed by atoms with Crippen LogP contribution in [0.15, 0.2) is 42.7 Å². The Kier molecular flexibility index (Phi) is 19.4. The monoisotopic (exact) mass is 338 g/mol. The molecule has 0 unspecified atom stereocenters. The van der Waals surface area contributed by atoms with Gasteiger partial charge in [0, 0.05) is 25.7 Å². The van der Waals surface area contributed by atoms with Gasteiger partial charge in [-0.3, -0.25) is 9.59 Å². The molecule has 0 bridgehead atoms. The van der Waals surface area contributed by atoms with E-state index in [4.69, 9.17) is 0 Å². The minimum absolute atomic E-state index is 0. The minimum atomic E-state index is 0. The highest BCUT2D eigenvalue weighted by Gasteiger charge is 1.99. The molecule has 130 valence electrons. The summed E-state index contributed by atoms with van der Waals surface area (Å²) in [5.74, 6) is 0.648. The molecule has 2 nitrogen and oxygen atoms in total. The smallest absolute Gasteiger partial charge is 0.137 e. The highest BCUT2D eigenvalue weighted by molar-refractivity contribution is 5.85. The van der Waals surface area contributed by atoms with Gasteiger partial charge in [0.15, 0.2) is 0 Å². The van der Waals surface area contributed by atoms with Crippen molar-refractivity contribution >= 4 is 24.0 Å². The van der Waals surface area contributed by atoms with Crippen molar-refractivity contribution in [3.63, 3.8) is 0 Å². The normalized spacial score (nSPS) is 9.78. The molecule has 0 spiro atoms. The molecule has 0 aromatic carbocycles. The van der Waals surface area contributed by atoms with E-state index < -0.39 is 0 Å². The van der Waals surface area contributed by atoms with Crippen molar-refractivity contribution < 1.29 is 9.59 Å². The zero-order chi connectivity index (χ0) is 16.5. The predicted molar refractivity (Wildman–Crippen MR) is 101 cm³/mol. The van der Waals surface area contributed by atoms with Gasteiger partial charge in [-0.15, -0.1) is 18.1 Å². The lowest BCUT2D eigenvalue weighted by Gasteiger charge is -1.97. The Labute approximate surface area is 147 Å². The molecule has 0 fully saturated rings. The molecule has 3 heteroatoms. The molecular formula is C20H31ClO2. The van der Waals surface area contributed by atoms with Gasteiger partial charge in [-0.1, -0.05) is 31.7 Å². The maximum atomic E-state index is 11.5. The molecule has 0 N–H and O–H groups in total. The Bertz CT molecular complexity index is 415. The van der Waals surface area contributed by atoms with Gasteiger partial charge in [-0.25, -0.2) is 0 Å². The van der Waals surface area contributed by atoms with Crippen LogP contribution in [0.25, 0.3) is 0 Å². The summed E-state index contributed by atoms with van der Waals surface area (Å²) in [6, 6.07) is 0. The van der Waals surface area contributed by atoms with E-state index in [-0.39, 0.29) is 18.2 Å². The van der Waals surface area contributed by atoms with Gasteiger partial charge in [0.25, 0.3) is 0 Å². The molecular weight excluding hydrogens is 308 g/mol. The Morgan fingerprint density at radius 3 is 2.26 bits per heavy atom. The minimum Gasteiger partial charge on any atom is -0.300 e. The van der Waals surface area contributed by atoms with Gasteiger partial charge in [0.2, 0.25) is 0 Å². The summed E-state index contributed by atoms with van der Waals surface area (Å²) in [5.41, 5.74) is 2.89. The average molecular weight is 339 g/mol. The predicted octanol–water partition coefficient (Wildman–Crippen LogP) is 5.92. The third kappa shape index (κ3) is 18.6. The summed E-state index contributed by atoms with van der Waals surface area (Å²) in [7, 11) is 0. The molecule has 0 aliphatic carbocycles. The number of halogens is 1. The quantitative estimate of drug-likeness (QED) is 0.170. The highest BCUT2D eigenvalue weighted by Crippen LogP contribution is 2.06. The van der Waals surface area contributed by atoms with E-state index in [1.54, 1.807) is 18.2 Å². The van der Waals surface area contributed by atoms with E-state index in [1.807, 2.05) is 6.92 Å². The van der Waals surface area contributed by atoms with E-state index >= 15 is 0 Å². The van der Waals surface area contributed by atoms with E-state index in [1.165, 1.54) is 0 Å². The number of hydrogen-bond donors (Lipinski definition) is 0. The largest absolute Gasteiger partial charge is 0.300 e. The second-order valence-corrected chi connectivity index (χ2v) is 5.41. The second kappa shape index (κ2) is 18.7. The summed E-state index contributed by atoms with van der Waals surface area (Å²) in [4.78, 5) is 22.9. The van der Waals surface area contributed by atoms with Crippen molar-refractivity contribution in [2.45, 2.75) is 71.1 Å². The number of unbranched alkanes of at least 4 members (excludes halogenated alkanes) is 3. The SMILES string of the molecule is C=CC=C=CCC(=O)CCCC/C=C/CCCC(=O)CCC.Cl. The summed E-state index contributed by atoms with van der Waals surface area (Å²) >= 11 is 0. The Morgan fingerprint density at radius 1 is 0.957 bits per heavy atom. The number of carbonyl (C=O) groups excluding carboxylic acids is 2. The third-order valence-corrected chi connectivity index (χ3v) is 3.26. The lowest BCUT2D eigenvalue weighted by molar-refractivity contribution is -0.119. The summed E-state index contributed by atoms with van der Waals surface area (Å²) in [6.07, 6.45) is 17.9. The molecule has 0 aliphatic rings. The number of hydrogen-bond acceptors (Lipinski definition) is 2. The lowest BCUT2D eigenvalue weighted by Crippen LogP contribution is -1.95. The van der Waals surface area contributed by atoms with Crippen molar-refractivity contribution in [2.75, 3.05) is 0 Å². The zero-order valence-corrected chi connectivity index (χ0v) is 15.2. The molecule has 0 aromatic rings. The van der Waals surface area contributed by atoms with Crippen molar-refractivity contribution in [3.8, 4) is 0 Å². The van der Waals surface area contributed by atoms with Crippen LogP contribution in [0.3, 0.4) is 0 Å². The van der Waals surface area contributed by atoms with Crippen LogP contribution in [-0.2, 0) is 9.59 Å². The van der Waals surface area contributed by atoms with E-state index in [9.17, 15) is 9.59 Å². The number of ketones is 2. The molecule has 0 saturated heterocycles. The van der Waals surface area contributed by atoms with Gasteiger partial charge in [-0.05, 0) is 50.7 Å². The summed E-state index contributed by atoms with van der Waals surface area (Å²) < 4.78 is 0.